The molecule has 3 aliphatic rings. The summed E-state index contributed by atoms with van der Waals surface area (Å²) in [5, 5.41) is 32.2. The van der Waals surface area contributed by atoms with E-state index in [1.807, 2.05) is 30.3 Å². The summed E-state index contributed by atoms with van der Waals surface area (Å²) < 4.78 is 18.7. The Hall–Kier alpha value is -3.38. The molecule has 1 heterocycles. The Morgan fingerprint density at radius 2 is 1.77 bits per heavy atom. The van der Waals surface area contributed by atoms with E-state index in [2.05, 4.69) is 6.92 Å². The molecule has 3 aromatic carbocycles. The number of methoxy groups -OCH3 is 1. The van der Waals surface area contributed by atoms with E-state index in [1.54, 1.807) is 19.2 Å². The summed E-state index contributed by atoms with van der Waals surface area (Å²) in [4.78, 5) is 0. The molecule has 6 nitrogen and oxygen atoms in total. The van der Waals surface area contributed by atoms with Crippen molar-refractivity contribution in [1.29, 1.82) is 0 Å². The third-order valence-corrected chi connectivity index (χ3v) is 8.93. The number of aliphatic hydroxyl groups excluding tert-OH is 1. The molecule has 2 aliphatic carbocycles. The molecule has 3 unspecified atom stereocenters. The first kappa shape index (κ1) is 26.8. The van der Waals surface area contributed by atoms with Crippen molar-refractivity contribution in [3.05, 3.63) is 64.7 Å². The summed E-state index contributed by atoms with van der Waals surface area (Å²) >= 11 is 0. The first-order chi connectivity index (χ1) is 19.5. The number of rotatable bonds is 8. The standard InChI is InChI=1S/C34H40O6/c1-3-4-5-8-20-15-22-16-23(35)12-13-25(22)33-31(38-2)19-29-26(32(20)33)18-28(37)34(40-29)21-11-14-27(36)30(17-21)39-24-9-6-7-10-24/h11-14,16-17,19-20,24,28,34-37H,3-10,15,18H2,1-2H3. The number of aromatic hydroxyl groups is 2. The van der Waals surface area contributed by atoms with Crippen molar-refractivity contribution in [3.8, 4) is 39.9 Å². The number of aliphatic hydroxyl groups is 1. The van der Waals surface area contributed by atoms with Crippen LogP contribution < -0.4 is 14.2 Å². The number of benzene rings is 3. The molecule has 3 aromatic rings. The quantitative estimate of drug-likeness (QED) is 0.257. The van der Waals surface area contributed by atoms with Crippen LogP contribution in [0.1, 0.15) is 92.6 Å². The SMILES string of the molecule is CCCCCC1Cc2cc(O)ccc2-c2c(OC)cc3c(c21)CC(O)C(c1ccc(O)c(OC2CCCC2)c1)O3. The highest BCUT2D eigenvalue weighted by Gasteiger charge is 2.38. The summed E-state index contributed by atoms with van der Waals surface area (Å²) in [6, 6.07) is 12.8. The Balaban J connectivity index is 1.39. The van der Waals surface area contributed by atoms with Crippen LogP contribution in [0.5, 0.6) is 28.7 Å². The zero-order valence-corrected chi connectivity index (χ0v) is 23.5. The normalized spacial score (nSPS) is 21.7. The van der Waals surface area contributed by atoms with Crippen LogP contribution in [0.2, 0.25) is 0 Å². The van der Waals surface area contributed by atoms with E-state index in [-0.39, 0.29) is 23.5 Å². The first-order valence-corrected chi connectivity index (χ1v) is 14.9. The van der Waals surface area contributed by atoms with E-state index in [0.29, 0.717) is 12.2 Å². The Labute approximate surface area is 236 Å². The minimum Gasteiger partial charge on any atom is -0.508 e. The van der Waals surface area contributed by atoms with E-state index in [0.717, 1.165) is 97.1 Å². The van der Waals surface area contributed by atoms with Crippen LogP contribution in [0, 0.1) is 0 Å². The molecule has 6 rings (SSSR count). The monoisotopic (exact) mass is 544 g/mol. The van der Waals surface area contributed by atoms with Gasteiger partial charge in [-0.15, -0.1) is 0 Å². The second kappa shape index (κ2) is 11.2. The topological polar surface area (TPSA) is 88.4 Å². The molecule has 0 radical (unpaired) electrons. The molecule has 0 bridgehead atoms. The lowest BCUT2D eigenvalue weighted by Gasteiger charge is -2.37. The van der Waals surface area contributed by atoms with Gasteiger partial charge in [0.05, 0.1) is 19.3 Å². The number of unbranched alkanes of at least 4 members (excludes halogenated alkanes) is 2. The minimum absolute atomic E-state index is 0.108. The van der Waals surface area contributed by atoms with Gasteiger partial charge in [0.2, 0.25) is 0 Å². The summed E-state index contributed by atoms with van der Waals surface area (Å²) in [6.07, 6.45) is 8.78. The summed E-state index contributed by atoms with van der Waals surface area (Å²) in [7, 11) is 1.69. The number of ether oxygens (including phenoxy) is 3. The molecular formula is C34H40O6. The summed E-state index contributed by atoms with van der Waals surface area (Å²) in [5.41, 5.74) is 6.28. The molecular weight excluding hydrogens is 504 g/mol. The van der Waals surface area contributed by atoms with Crippen molar-refractivity contribution >= 4 is 0 Å². The molecule has 3 atom stereocenters. The Morgan fingerprint density at radius 3 is 2.55 bits per heavy atom. The largest absolute Gasteiger partial charge is 0.508 e. The molecule has 212 valence electrons. The molecule has 40 heavy (non-hydrogen) atoms. The highest BCUT2D eigenvalue weighted by Crippen LogP contribution is 2.53. The zero-order chi connectivity index (χ0) is 27.8. The Bertz CT molecular complexity index is 1380. The molecule has 1 fully saturated rings. The lowest BCUT2D eigenvalue weighted by atomic mass is 9.72. The van der Waals surface area contributed by atoms with Gasteiger partial charge in [0.15, 0.2) is 11.5 Å². The Morgan fingerprint density at radius 1 is 0.950 bits per heavy atom. The average Bonchev–Trinajstić information content (AvgIpc) is 3.46. The van der Waals surface area contributed by atoms with Crippen LogP contribution in [0.15, 0.2) is 42.5 Å². The number of fused-ring (bicyclic) bond motifs is 5. The fraction of sp³-hybridized carbons (Fsp3) is 0.471. The molecule has 1 aliphatic heterocycles. The third kappa shape index (κ3) is 4.98. The van der Waals surface area contributed by atoms with Crippen LogP contribution in [0.25, 0.3) is 11.1 Å². The number of hydrogen-bond acceptors (Lipinski definition) is 6. The first-order valence-electron chi connectivity index (χ1n) is 14.9. The maximum Gasteiger partial charge on any atom is 0.161 e. The summed E-state index contributed by atoms with van der Waals surface area (Å²) in [5.74, 6) is 2.55. The van der Waals surface area contributed by atoms with Gasteiger partial charge in [-0.05, 0) is 91.0 Å². The van der Waals surface area contributed by atoms with Crippen molar-refractivity contribution in [3.63, 3.8) is 0 Å². The van der Waals surface area contributed by atoms with Gasteiger partial charge < -0.3 is 29.5 Å². The van der Waals surface area contributed by atoms with Crippen molar-refractivity contribution in [2.45, 2.75) is 95.4 Å². The lowest BCUT2D eigenvalue weighted by molar-refractivity contribution is 0.0200. The fourth-order valence-electron chi connectivity index (χ4n) is 6.96. The van der Waals surface area contributed by atoms with Gasteiger partial charge in [0, 0.05) is 23.6 Å². The van der Waals surface area contributed by atoms with Crippen molar-refractivity contribution in [2.75, 3.05) is 7.11 Å². The third-order valence-electron chi connectivity index (χ3n) is 8.93. The van der Waals surface area contributed by atoms with Gasteiger partial charge in [-0.1, -0.05) is 38.3 Å². The van der Waals surface area contributed by atoms with E-state index in [4.69, 9.17) is 14.2 Å². The number of phenols is 2. The number of phenolic OH excluding ortho intramolecular Hbond substituents is 2. The predicted octanol–water partition coefficient (Wildman–Crippen LogP) is 7.35. The van der Waals surface area contributed by atoms with E-state index >= 15 is 0 Å². The Kier molecular flexibility index (Phi) is 7.54. The highest BCUT2D eigenvalue weighted by molar-refractivity contribution is 5.83. The molecule has 0 amide bonds. The molecule has 1 saturated carbocycles. The van der Waals surface area contributed by atoms with Gasteiger partial charge in [0.1, 0.15) is 23.4 Å². The van der Waals surface area contributed by atoms with Gasteiger partial charge in [0.25, 0.3) is 0 Å². The van der Waals surface area contributed by atoms with Crippen molar-refractivity contribution in [1.82, 2.24) is 0 Å². The second-order valence-corrected chi connectivity index (χ2v) is 11.6. The average molecular weight is 545 g/mol. The van der Waals surface area contributed by atoms with E-state index in [9.17, 15) is 15.3 Å². The van der Waals surface area contributed by atoms with Crippen LogP contribution in [0.3, 0.4) is 0 Å². The van der Waals surface area contributed by atoms with Crippen LogP contribution in [-0.4, -0.2) is 34.6 Å². The number of hydrogen-bond donors (Lipinski definition) is 3. The highest BCUT2D eigenvalue weighted by atomic mass is 16.5. The zero-order valence-electron chi connectivity index (χ0n) is 23.5. The predicted molar refractivity (Wildman–Crippen MR) is 155 cm³/mol. The second-order valence-electron chi connectivity index (χ2n) is 11.6. The fourth-order valence-corrected chi connectivity index (χ4v) is 6.96. The van der Waals surface area contributed by atoms with Crippen LogP contribution >= 0.6 is 0 Å². The molecule has 3 N–H and O–H groups in total. The lowest BCUT2D eigenvalue weighted by Crippen LogP contribution is -2.32. The van der Waals surface area contributed by atoms with Crippen molar-refractivity contribution in [2.24, 2.45) is 0 Å². The summed E-state index contributed by atoms with van der Waals surface area (Å²) in [6.45, 7) is 2.21. The van der Waals surface area contributed by atoms with E-state index in [1.165, 1.54) is 5.56 Å². The maximum atomic E-state index is 11.5. The van der Waals surface area contributed by atoms with Gasteiger partial charge in [-0.25, -0.2) is 0 Å². The van der Waals surface area contributed by atoms with Gasteiger partial charge in [-0.2, -0.15) is 0 Å². The minimum atomic E-state index is -0.758. The van der Waals surface area contributed by atoms with Crippen LogP contribution in [0.4, 0.5) is 0 Å². The van der Waals surface area contributed by atoms with Gasteiger partial charge >= 0.3 is 0 Å². The van der Waals surface area contributed by atoms with Crippen molar-refractivity contribution < 1.29 is 29.5 Å². The molecule has 0 aromatic heterocycles. The molecule has 0 saturated heterocycles. The van der Waals surface area contributed by atoms with E-state index < -0.39 is 12.2 Å². The smallest absolute Gasteiger partial charge is 0.161 e. The maximum absolute atomic E-state index is 11.5. The molecule has 0 spiro atoms. The van der Waals surface area contributed by atoms with Crippen LogP contribution in [-0.2, 0) is 12.8 Å². The molecule has 6 heteroatoms. The van der Waals surface area contributed by atoms with Gasteiger partial charge in [-0.3, -0.25) is 0 Å².